The number of rotatable bonds is 5. The van der Waals surface area contributed by atoms with Crippen LogP contribution in [0.5, 0.6) is 0 Å². The first-order chi connectivity index (χ1) is 11.6. The molecule has 1 aromatic rings. The molecule has 1 aromatic carbocycles. The highest BCUT2D eigenvalue weighted by Gasteiger charge is 2.34. The minimum atomic E-state index is 0.0155. The molecule has 0 radical (unpaired) electrons. The van der Waals surface area contributed by atoms with Gasteiger partial charge in [-0.25, -0.2) is 0 Å². The van der Waals surface area contributed by atoms with Crippen LogP contribution in [0.1, 0.15) is 25.3 Å². The normalized spacial score (nSPS) is 24.0. The molecule has 0 aromatic heterocycles. The van der Waals surface area contributed by atoms with Crippen molar-refractivity contribution in [1.82, 2.24) is 15.1 Å². The van der Waals surface area contributed by atoms with E-state index in [1.807, 2.05) is 23.7 Å². The number of nitrogens with one attached hydrogen (secondary N) is 1. The summed E-state index contributed by atoms with van der Waals surface area (Å²) in [5.74, 6) is 2.06. The molecule has 4 nitrogen and oxygen atoms in total. The van der Waals surface area contributed by atoms with Crippen LogP contribution in [0.4, 0.5) is 0 Å². The van der Waals surface area contributed by atoms with Gasteiger partial charge in [0.25, 0.3) is 0 Å². The largest absolute Gasteiger partial charge is 0.344 e. The maximum Gasteiger partial charge on any atom is 0.240 e. The summed E-state index contributed by atoms with van der Waals surface area (Å²) < 4.78 is 0. The molecule has 2 aliphatic rings. The molecule has 1 amide bonds. The Morgan fingerprint density at radius 2 is 2.04 bits per heavy atom. The Labute approximate surface area is 150 Å². The first-order valence-corrected chi connectivity index (χ1v) is 10.0. The third-order valence-electron chi connectivity index (χ3n) is 5.32. The highest BCUT2D eigenvalue weighted by atomic mass is 32.2. The van der Waals surface area contributed by atoms with E-state index in [1.54, 1.807) is 0 Å². The van der Waals surface area contributed by atoms with E-state index >= 15 is 0 Å². The maximum atomic E-state index is 12.5. The summed E-state index contributed by atoms with van der Waals surface area (Å²) >= 11 is 1.81. The summed E-state index contributed by atoms with van der Waals surface area (Å²) in [6.45, 7) is 6.48. The SMILES string of the molecule is CN(CC1(C)CCN(Cc2ccccc2)CC1)C(=O)[C@H]1CSCN1. The van der Waals surface area contributed by atoms with Crippen molar-refractivity contribution in [3.05, 3.63) is 35.9 Å². The second-order valence-electron chi connectivity index (χ2n) is 7.54. The number of carbonyl (C=O) groups is 1. The number of likely N-dealkylation sites (N-methyl/N-ethyl adjacent to an activating group) is 1. The zero-order valence-corrected chi connectivity index (χ0v) is 15.6. The van der Waals surface area contributed by atoms with Gasteiger partial charge in [0.15, 0.2) is 0 Å². The van der Waals surface area contributed by atoms with Gasteiger partial charge >= 0.3 is 0 Å². The summed E-state index contributed by atoms with van der Waals surface area (Å²) in [6.07, 6.45) is 2.31. The van der Waals surface area contributed by atoms with Crippen LogP contribution in [0.25, 0.3) is 0 Å². The Morgan fingerprint density at radius 3 is 2.67 bits per heavy atom. The maximum absolute atomic E-state index is 12.5. The fourth-order valence-corrected chi connectivity index (χ4v) is 4.65. The van der Waals surface area contributed by atoms with Gasteiger partial charge in [0, 0.05) is 31.8 Å². The second-order valence-corrected chi connectivity index (χ2v) is 8.57. The minimum absolute atomic E-state index is 0.0155. The lowest BCUT2D eigenvalue weighted by atomic mass is 9.79. The zero-order chi connectivity index (χ0) is 17.0. The number of benzene rings is 1. The van der Waals surface area contributed by atoms with Gasteiger partial charge in [-0.1, -0.05) is 37.3 Å². The van der Waals surface area contributed by atoms with Crippen LogP contribution in [-0.4, -0.2) is 60.1 Å². The molecule has 0 unspecified atom stereocenters. The second kappa shape index (κ2) is 7.89. The molecule has 5 heteroatoms. The summed E-state index contributed by atoms with van der Waals surface area (Å²) in [5.41, 5.74) is 1.63. The molecule has 2 heterocycles. The number of piperidine rings is 1. The van der Waals surface area contributed by atoms with Gasteiger partial charge in [-0.15, -0.1) is 11.8 Å². The van der Waals surface area contributed by atoms with Crippen LogP contribution in [0.15, 0.2) is 30.3 Å². The average Bonchev–Trinajstić information content (AvgIpc) is 3.12. The Kier molecular flexibility index (Phi) is 5.85. The van der Waals surface area contributed by atoms with Crippen molar-refractivity contribution >= 4 is 17.7 Å². The zero-order valence-electron chi connectivity index (χ0n) is 14.8. The average molecular weight is 348 g/mol. The smallest absolute Gasteiger partial charge is 0.240 e. The Balaban J connectivity index is 1.48. The van der Waals surface area contributed by atoms with E-state index in [1.165, 1.54) is 5.56 Å². The number of hydrogen-bond donors (Lipinski definition) is 1. The Bertz CT molecular complexity index is 537. The molecule has 0 bridgehead atoms. The molecular formula is C19H29N3OS. The molecule has 0 saturated carbocycles. The van der Waals surface area contributed by atoms with E-state index in [0.29, 0.717) is 0 Å². The van der Waals surface area contributed by atoms with Gasteiger partial charge in [0.1, 0.15) is 0 Å². The number of hydrogen-bond acceptors (Lipinski definition) is 4. The fraction of sp³-hybridized carbons (Fsp3) is 0.632. The minimum Gasteiger partial charge on any atom is -0.344 e. The summed E-state index contributed by atoms with van der Waals surface area (Å²) in [4.78, 5) is 17.0. The van der Waals surface area contributed by atoms with Crippen molar-refractivity contribution in [1.29, 1.82) is 0 Å². The summed E-state index contributed by atoms with van der Waals surface area (Å²) in [5, 5.41) is 3.28. The lowest BCUT2D eigenvalue weighted by Gasteiger charge is -2.41. The Hall–Kier alpha value is -1.04. The lowest BCUT2D eigenvalue weighted by Crippen LogP contribution is -2.49. The summed E-state index contributed by atoms with van der Waals surface area (Å²) in [7, 11) is 1.97. The van der Waals surface area contributed by atoms with Crippen molar-refractivity contribution in [2.45, 2.75) is 32.4 Å². The molecule has 0 aliphatic carbocycles. The molecule has 0 spiro atoms. The van der Waals surface area contributed by atoms with Crippen LogP contribution in [0.3, 0.4) is 0 Å². The standard InChI is InChI=1S/C19H29N3OS/c1-19(14-21(2)18(23)17-13-24-15-20-17)8-10-22(11-9-19)12-16-6-4-3-5-7-16/h3-7,17,20H,8-15H2,1-2H3/t17-/m1/s1. The first-order valence-electron chi connectivity index (χ1n) is 8.88. The molecular weight excluding hydrogens is 318 g/mol. The van der Waals surface area contributed by atoms with Gasteiger partial charge in [0.2, 0.25) is 5.91 Å². The van der Waals surface area contributed by atoms with Crippen LogP contribution >= 0.6 is 11.8 Å². The van der Waals surface area contributed by atoms with E-state index in [4.69, 9.17) is 0 Å². The predicted octanol–water partition coefficient (Wildman–Crippen LogP) is 2.41. The topological polar surface area (TPSA) is 35.6 Å². The van der Waals surface area contributed by atoms with Crippen molar-refractivity contribution in [2.75, 3.05) is 38.3 Å². The third-order valence-corrected chi connectivity index (χ3v) is 6.26. The number of thioether (sulfide) groups is 1. The van der Waals surface area contributed by atoms with Crippen molar-refractivity contribution in [3.8, 4) is 0 Å². The van der Waals surface area contributed by atoms with Crippen molar-refractivity contribution in [2.24, 2.45) is 5.41 Å². The highest BCUT2D eigenvalue weighted by molar-refractivity contribution is 7.99. The van der Waals surface area contributed by atoms with E-state index in [2.05, 4.69) is 47.5 Å². The van der Waals surface area contributed by atoms with Crippen LogP contribution in [0, 0.1) is 5.41 Å². The van der Waals surface area contributed by atoms with Gasteiger partial charge in [-0.2, -0.15) is 0 Å². The van der Waals surface area contributed by atoms with E-state index in [-0.39, 0.29) is 17.4 Å². The van der Waals surface area contributed by atoms with E-state index < -0.39 is 0 Å². The van der Waals surface area contributed by atoms with E-state index in [0.717, 1.165) is 50.7 Å². The van der Waals surface area contributed by atoms with Crippen molar-refractivity contribution in [3.63, 3.8) is 0 Å². The van der Waals surface area contributed by atoms with Crippen LogP contribution in [-0.2, 0) is 11.3 Å². The molecule has 2 fully saturated rings. The van der Waals surface area contributed by atoms with Gasteiger partial charge < -0.3 is 4.90 Å². The highest BCUT2D eigenvalue weighted by Crippen LogP contribution is 2.32. The number of carbonyl (C=O) groups excluding carboxylic acids is 1. The Morgan fingerprint density at radius 1 is 1.33 bits per heavy atom. The van der Waals surface area contributed by atoms with Gasteiger partial charge in [0.05, 0.1) is 6.04 Å². The molecule has 24 heavy (non-hydrogen) atoms. The van der Waals surface area contributed by atoms with Crippen LogP contribution < -0.4 is 5.32 Å². The first kappa shape index (κ1) is 17.8. The molecule has 2 saturated heterocycles. The van der Waals surface area contributed by atoms with E-state index in [9.17, 15) is 4.79 Å². The molecule has 2 aliphatic heterocycles. The monoisotopic (exact) mass is 347 g/mol. The fourth-order valence-electron chi connectivity index (χ4n) is 3.72. The lowest BCUT2D eigenvalue weighted by molar-refractivity contribution is -0.133. The van der Waals surface area contributed by atoms with Crippen molar-refractivity contribution < 1.29 is 4.79 Å². The number of likely N-dealkylation sites (tertiary alicyclic amines) is 1. The van der Waals surface area contributed by atoms with Crippen LogP contribution in [0.2, 0.25) is 0 Å². The third kappa shape index (κ3) is 4.52. The quantitative estimate of drug-likeness (QED) is 0.887. The predicted molar refractivity (Wildman–Crippen MR) is 101 cm³/mol. The number of amides is 1. The molecule has 3 rings (SSSR count). The van der Waals surface area contributed by atoms with Gasteiger partial charge in [-0.3, -0.25) is 15.0 Å². The van der Waals surface area contributed by atoms with Gasteiger partial charge in [-0.05, 0) is 36.9 Å². The number of nitrogens with zero attached hydrogens (tertiary/aromatic N) is 2. The molecule has 132 valence electrons. The molecule has 1 atom stereocenters. The molecule has 1 N–H and O–H groups in total. The summed E-state index contributed by atoms with van der Waals surface area (Å²) in [6, 6.07) is 10.7.